The normalized spacial score (nSPS) is 12.4. The van der Waals surface area contributed by atoms with Gasteiger partial charge in [0.2, 0.25) is 11.9 Å². The maximum absolute atomic E-state index is 13.6. The summed E-state index contributed by atoms with van der Waals surface area (Å²) in [6.07, 6.45) is 2.63. The highest BCUT2D eigenvalue weighted by Crippen LogP contribution is 2.24. The lowest BCUT2D eigenvalue weighted by atomic mass is 9.98. The molecular weight excluding hydrogens is 234 g/mol. The summed E-state index contributed by atoms with van der Waals surface area (Å²) in [6.45, 7) is 4.18. The Kier molecular flexibility index (Phi) is 3.65. The molecular formula is C14H14F2N2. The van der Waals surface area contributed by atoms with Gasteiger partial charge in [-0.05, 0) is 42.2 Å². The molecule has 0 aliphatic carbocycles. The SMILES string of the molecule is CCC(C)c1ccnc(-c2ccc(F)nc2F)c1. The van der Waals surface area contributed by atoms with E-state index in [1.54, 1.807) is 6.20 Å². The van der Waals surface area contributed by atoms with E-state index in [0.29, 0.717) is 11.6 Å². The summed E-state index contributed by atoms with van der Waals surface area (Å²) in [5, 5.41) is 0. The van der Waals surface area contributed by atoms with Gasteiger partial charge in [-0.1, -0.05) is 13.8 Å². The summed E-state index contributed by atoms with van der Waals surface area (Å²) in [5.41, 5.74) is 1.80. The third-order valence-electron chi connectivity index (χ3n) is 3.06. The van der Waals surface area contributed by atoms with Crippen LogP contribution in [0.5, 0.6) is 0 Å². The largest absolute Gasteiger partial charge is 0.256 e. The second kappa shape index (κ2) is 5.21. The number of halogens is 2. The number of rotatable bonds is 3. The molecule has 94 valence electrons. The lowest BCUT2D eigenvalue weighted by Crippen LogP contribution is -1.97. The Balaban J connectivity index is 2.44. The zero-order valence-electron chi connectivity index (χ0n) is 10.3. The fourth-order valence-corrected chi connectivity index (χ4v) is 1.74. The van der Waals surface area contributed by atoms with Crippen LogP contribution in [0, 0.1) is 11.9 Å². The molecule has 1 unspecified atom stereocenters. The average Bonchev–Trinajstić information content (AvgIpc) is 2.38. The van der Waals surface area contributed by atoms with Crippen LogP contribution in [0.25, 0.3) is 11.3 Å². The molecule has 0 fully saturated rings. The van der Waals surface area contributed by atoms with Gasteiger partial charge in [-0.3, -0.25) is 4.98 Å². The second-order valence-corrected chi connectivity index (χ2v) is 4.26. The molecule has 0 aliphatic heterocycles. The lowest BCUT2D eigenvalue weighted by molar-refractivity contribution is 0.515. The minimum atomic E-state index is -0.830. The van der Waals surface area contributed by atoms with Crippen molar-refractivity contribution in [1.29, 1.82) is 0 Å². The molecule has 2 rings (SSSR count). The summed E-state index contributed by atoms with van der Waals surface area (Å²) < 4.78 is 26.3. The topological polar surface area (TPSA) is 25.8 Å². The van der Waals surface area contributed by atoms with E-state index in [4.69, 9.17) is 0 Å². The van der Waals surface area contributed by atoms with Gasteiger partial charge in [0.25, 0.3) is 0 Å². The van der Waals surface area contributed by atoms with Gasteiger partial charge in [-0.2, -0.15) is 13.8 Å². The van der Waals surface area contributed by atoms with Gasteiger partial charge in [0.05, 0.1) is 11.3 Å². The maximum atomic E-state index is 13.6. The summed E-state index contributed by atoms with van der Waals surface area (Å²) in [5.74, 6) is -1.28. The van der Waals surface area contributed by atoms with E-state index < -0.39 is 11.9 Å². The highest BCUT2D eigenvalue weighted by Gasteiger charge is 2.11. The van der Waals surface area contributed by atoms with Crippen molar-refractivity contribution in [3.05, 3.63) is 47.9 Å². The van der Waals surface area contributed by atoms with Gasteiger partial charge in [0.15, 0.2) is 0 Å². The first-order chi connectivity index (χ1) is 8.61. The van der Waals surface area contributed by atoms with Crippen LogP contribution in [-0.4, -0.2) is 9.97 Å². The molecule has 0 saturated heterocycles. The molecule has 0 bridgehead atoms. The summed E-state index contributed by atoms with van der Waals surface area (Å²) in [7, 11) is 0. The van der Waals surface area contributed by atoms with E-state index in [-0.39, 0.29) is 5.56 Å². The maximum Gasteiger partial charge on any atom is 0.224 e. The standard InChI is InChI=1S/C14H14F2N2/c1-3-9(2)10-6-7-17-12(8-10)11-4-5-13(15)18-14(11)16/h4-9H,3H2,1-2H3. The molecule has 2 nitrogen and oxygen atoms in total. The first-order valence-electron chi connectivity index (χ1n) is 5.90. The van der Waals surface area contributed by atoms with Crippen molar-refractivity contribution in [3.63, 3.8) is 0 Å². The molecule has 2 aromatic heterocycles. The fraction of sp³-hybridized carbons (Fsp3) is 0.286. The predicted molar refractivity (Wildman–Crippen MR) is 66.1 cm³/mol. The highest BCUT2D eigenvalue weighted by molar-refractivity contribution is 5.59. The zero-order valence-corrected chi connectivity index (χ0v) is 10.3. The number of nitrogens with zero attached hydrogens (tertiary/aromatic N) is 2. The van der Waals surface area contributed by atoms with Gasteiger partial charge in [0, 0.05) is 6.20 Å². The Labute approximate surface area is 105 Å². The van der Waals surface area contributed by atoms with Crippen molar-refractivity contribution >= 4 is 0 Å². The quantitative estimate of drug-likeness (QED) is 0.769. The Bertz CT molecular complexity index is 555. The molecule has 2 heterocycles. The molecule has 18 heavy (non-hydrogen) atoms. The number of aromatic nitrogens is 2. The molecule has 0 aliphatic rings. The van der Waals surface area contributed by atoms with Crippen molar-refractivity contribution in [1.82, 2.24) is 9.97 Å². The van der Waals surface area contributed by atoms with Crippen molar-refractivity contribution in [3.8, 4) is 11.3 Å². The molecule has 0 N–H and O–H groups in total. The first-order valence-corrected chi connectivity index (χ1v) is 5.90. The van der Waals surface area contributed by atoms with Crippen molar-refractivity contribution < 1.29 is 8.78 Å². The van der Waals surface area contributed by atoms with E-state index in [9.17, 15) is 8.78 Å². The molecule has 0 spiro atoms. The van der Waals surface area contributed by atoms with Crippen LogP contribution in [0.15, 0.2) is 30.5 Å². The Hall–Kier alpha value is -1.84. The van der Waals surface area contributed by atoms with Gasteiger partial charge < -0.3 is 0 Å². The lowest BCUT2D eigenvalue weighted by Gasteiger charge is -2.10. The van der Waals surface area contributed by atoms with Crippen LogP contribution in [0.2, 0.25) is 0 Å². The molecule has 0 aromatic carbocycles. The molecule has 4 heteroatoms. The number of hydrogen-bond donors (Lipinski definition) is 0. The van der Waals surface area contributed by atoms with Crippen molar-refractivity contribution in [2.45, 2.75) is 26.2 Å². The van der Waals surface area contributed by atoms with Crippen LogP contribution < -0.4 is 0 Å². The van der Waals surface area contributed by atoms with Crippen LogP contribution in [0.1, 0.15) is 31.7 Å². The number of hydrogen-bond acceptors (Lipinski definition) is 2. The first kappa shape index (κ1) is 12.6. The monoisotopic (exact) mass is 248 g/mol. The third kappa shape index (κ3) is 2.53. The van der Waals surface area contributed by atoms with E-state index >= 15 is 0 Å². The van der Waals surface area contributed by atoms with E-state index in [1.165, 1.54) is 6.07 Å². The van der Waals surface area contributed by atoms with E-state index in [0.717, 1.165) is 18.1 Å². The van der Waals surface area contributed by atoms with Crippen molar-refractivity contribution in [2.75, 3.05) is 0 Å². The minimum absolute atomic E-state index is 0.224. The van der Waals surface area contributed by atoms with Crippen LogP contribution in [-0.2, 0) is 0 Å². The fourth-order valence-electron chi connectivity index (χ4n) is 1.74. The van der Waals surface area contributed by atoms with Gasteiger partial charge in [-0.25, -0.2) is 0 Å². The average molecular weight is 248 g/mol. The smallest absolute Gasteiger partial charge is 0.224 e. The summed E-state index contributed by atoms with van der Waals surface area (Å²) in [4.78, 5) is 7.29. The van der Waals surface area contributed by atoms with Crippen molar-refractivity contribution in [2.24, 2.45) is 0 Å². The Morgan fingerprint density at radius 2 is 2.00 bits per heavy atom. The molecule has 2 aromatic rings. The predicted octanol–water partition coefficient (Wildman–Crippen LogP) is 3.94. The second-order valence-electron chi connectivity index (χ2n) is 4.26. The van der Waals surface area contributed by atoms with Crippen LogP contribution in [0.4, 0.5) is 8.78 Å². The Morgan fingerprint density at radius 1 is 1.22 bits per heavy atom. The van der Waals surface area contributed by atoms with Crippen LogP contribution >= 0.6 is 0 Å². The molecule has 0 amide bonds. The van der Waals surface area contributed by atoms with E-state index in [1.807, 2.05) is 12.1 Å². The summed E-state index contributed by atoms with van der Waals surface area (Å²) in [6, 6.07) is 6.23. The van der Waals surface area contributed by atoms with E-state index in [2.05, 4.69) is 23.8 Å². The zero-order chi connectivity index (χ0) is 13.1. The third-order valence-corrected chi connectivity index (χ3v) is 3.06. The van der Waals surface area contributed by atoms with Crippen LogP contribution in [0.3, 0.4) is 0 Å². The highest BCUT2D eigenvalue weighted by atomic mass is 19.1. The van der Waals surface area contributed by atoms with Gasteiger partial charge in [0.1, 0.15) is 0 Å². The molecule has 0 saturated carbocycles. The molecule has 0 radical (unpaired) electrons. The van der Waals surface area contributed by atoms with Gasteiger partial charge in [-0.15, -0.1) is 0 Å². The Morgan fingerprint density at radius 3 is 2.67 bits per heavy atom. The molecule has 1 atom stereocenters. The minimum Gasteiger partial charge on any atom is -0.256 e. The van der Waals surface area contributed by atoms with Gasteiger partial charge >= 0.3 is 0 Å². The number of pyridine rings is 2. The summed E-state index contributed by atoms with van der Waals surface area (Å²) >= 11 is 0.